The van der Waals surface area contributed by atoms with E-state index in [9.17, 15) is 4.79 Å². The number of hydrogen-bond donors (Lipinski definition) is 1. The number of anilines is 1. The summed E-state index contributed by atoms with van der Waals surface area (Å²) < 4.78 is 0. The maximum Gasteiger partial charge on any atom is 0.257 e. The van der Waals surface area contributed by atoms with Crippen LogP contribution in [0.5, 0.6) is 0 Å². The Kier molecular flexibility index (Phi) is 3.24. The van der Waals surface area contributed by atoms with Gasteiger partial charge in [-0.3, -0.25) is 4.79 Å². The molecule has 0 aliphatic heterocycles. The molecule has 1 amide bonds. The number of amides is 1. The second-order valence-corrected chi connectivity index (χ2v) is 5.09. The third kappa shape index (κ3) is 2.53. The Balaban J connectivity index is 2.17. The Bertz CT molecular complexity index is 543. The standard InChI is InChI=1S/C13H14N2OS/c1-8-4-5-12(14-6-8)15-13(16)11-7-17-10(3)9(11)2/h4-7H,1-3H3,(H,14,15,16). The van der Waals surface area contributed by atoms with E-state index in [0.29, 0.717) is 5.82 Å². The van der Waals surface area contributed by atoms with Crippen LogP contribution < -0.4 is 5.32 Å². The van der Waals surface area contributed by atoms with Crippen LogP contribution in [0, 0.1) is 20.8 Å². The Morgan fingerprint density at radius 2 is 2.06 bits per heavy atom. The number of aryl methyl sites for hydroxylation is 2. The van der Waals surface area contributed by atoms with Crippen molar-refractivity contribution in [3.8, 4) is 0 Å². The van der Waals surface area contributed by atoms with E-state index < -0.39 is 0 Å². The molecular formula is C13H14N2OS. The van der Waals surface area contributed by atoms with Crippen LogP contribution in [0.2, 0.25) is 0 Å². The number of nitrogens with one attached hydrogen (secondary N) is 1. The highest BCUT2D eigenvalue weighted by Gasteiger charge is 2.12. The maximum atomic E-state index is 12.0. The smallest absolute Gasteiger partial charge is 0.257 e. The van der Waals surface area contributed by atoms with Crippen molar-refractivity contribution in [3.05, 3.63) is 45.3 Å². The minimum absolute atomic E-state index is 0.0943. The zero-order valence-corrected chi connectivity index (χ0v) is 10.9. The van der Waals surface area contributed by atoms with Gasteiger partial charge in [-0.05, 0) is 38.0 Å². The van der Waals surface area contributed by atoms with Gasteiger partial charge in [-0.25, -0.2) is 4.98 Å². The van der Waals surface area contributed by atoms with Gasteiger partial charge in [0.05, 0.1) is 5.56 Å². The Morgan fingerprint density at radius 3 is 2.59 bits per heavy atom. The van der Waals surface area contributed by atoms with Gasteiger partial charge in [0.15, 0.2) is 0 Å². The molecule has 0 atom stereocenters. The average molecular weight is 246 g/mol. The minimum atomic E-state index is -0.0943. The van der Waals surface area contributed by atoms with Crippen molar-refractivity contribution in [2.24, 2.45) is 0 Å². The van der Waals surface area contributed by atoms with E-state index in [2.05, 4.69) is 10.3 Å². The molecule has 0 aromatic carbocycles. The molecule has 0 bridgehead atoms. The molecule has 4 heteroatoms. The Labute approximate surface area is 105 Å². The summed E-state index contributed by atoms with van der Waals surface area (Å²) in [5.74, 6) is 0.493. The van der Waals surface area contributed by atoms with E-state index >= 15 is 0 Å². The molecule has 0 fully saturated rings. The highest BCUT2D eigenvalue weighted by molar-refractivity contribution is 7.10. The zero-order valence-electron chi connectivity index (χ0n) is 10.1. The van der Waals surface area contributed by atoms with Crippen LogP contribution in [0.15, 0.2) is 23.7 Å². The van der Waals surface area contributed by atoms with Gasteiger partial charge in [0.1, 0.15) is 5.82 Å². The number of hydrogen-bond acceptors (Lipinski definition) is 3. The fourth-order valence-electron chi connectivity index (χ4n) is 1.46. The SMILES string of the molecule is Cc1ccc(NC(=O)c2csc(C)c2C)nc1. The first-order valence-electron chi connectivity index (χ1n) is 5.36. The van der Waals surface area contributed by atoms with Crippen molar-refractivity contribution < 1.29 is 4.79 Å². The summed E-state index contributed by atoms with van der Waals surface area (Å²) >= 11 is 1.59. The first kappa shape index (κ1) is 11.8. The lowest BCUT2D eigenvalue weighted by molar-refractivity contribution is 0.102. The van der Waals surface area contributed by atoms with Crippen LogP contribution in [0.1, 0.15) is 26.4 Å². The van der Waals surface area contributed by atoms with Crippen LogP contribution in [-0.2, 0) is 0 Å². The summed E-state index contributed by atoms with van der Waals surface area (Å²) in [5.41, 5.74) is 2.85. The molecule has 0 spiro atoms. The lowest BCUT2D eigenvalue weighted by Crippen LogP contribution is -2.13. The third-order valence-electron chi connectivity index (χ3n) is 2.68. The minimum Gasteiger partial charge on any atom is -0.307 e. The van der Waals surface area contributed by atoms with Crippen LogP contribution in [0.3, 0.4) is 0 Å². The molecule has 1 N–H and O–H groups in total. The van der Waals surface area contributed by atoms with Crippen LogP contribution in [-0.4, -0.2) is 10.9 Å². The molecule has 2 aromatic heterocycles. The van der Waals surface area contributed by atoms with E-state index in [1.165, 1.54) is 4.88 Å². The summed E-state index contributed by atoms with van der Waals surface area (Å²) in [4.78, 5) is 17.3. The van der Waals surface area contributed by atoms with Crippen molar-refractivity contribution in [3.63, 3.8) is 0 Å². The second-order valence-electron chi connectivity index (χ2n) is 4.01. The monoisotopic (exact) mass is 246 g/mol. The first-order chi connectivity index (χ1) is 8.08. The van der Waals surface area contributed by atoms with E-state index in [1.807, 2.05) is 38.3 Å². The predicted molar refractivity (Wildman–Crippen MR) is 70.7 cm³/mol. The van der Waals surface area contributed by atoms with Crippen LogP contribution in [0.25, 0.3) is 0 Å². The van der Waals surface area contributed by atoms with Gasteiger partial charge in [0, 0.05) is 16.5 Å². The van der Waals surface area contributed by atoms with Crippen LogP contribution in [0.4, 0.5) is 5.82 Å². The molecular weight excluding hydrogens is 232 g/mol. The first-order valence-corrected chi connectivity index (χ1v) is 6.24. The normalized spacial score (nSPS) is 10.3. The summed E-state index contributed by atoms with van der Waals surface area (Å²) in [6.07, 6.45) is 1.74. The molecule has 2 heterocycles. The molecule has 0 saturated heterocycles. The molecule has 0 aliphatic rings. The van der Waals surface area contributed by atoms with E-state index in [0.717, 1.165) is 16.7 Å². The Hall–Kier alpha value is -1.68. The van der Waals surface area contributed by atoms with Crippen molar-refractivity contribution in [1.82, 2.24) is 4.98 Å². The molecule has 17 heavy (non-hydrogen) atoms. The zero-order chi connectivity index (χ0) is 12.4. The van der Waals surface area contributed by atoms with Gasteiger partial charge in [-0.2, -0.15) is 0 Å². The number of thiophene rings is 1. The fourth-order valence-corrected chi connectivity index (χ4v) is 2.33. The average Bonchev–Trinajstić information content (AvgIpc) is 2.63. The summed E-state index contributed by atoms with van der Waals surface area (Å²) in [7, 11) is 0. The number of aromatic nitrogens is 1. The van der Waals surface area contributed by atoms with E-state index in [-0.39, 0.29) is 5.91 Å². The fraction of sp³-hybridized carbons (Fsp3) is 0.231. The van der Waals surface area contributed by atoms with Gasteiger partial charge in [0.25, 0.3) is 5.91 Å². The molecule has 0 aliphatic carbocycles. The molecule has 0 radical (unpaired) electrons. The number of carbonyl (C=O) groups excluding carboxylic acids is 1. The highest BCUT2D eigenvalue weighted by Crippen LogP contribution is 2.21. The maximum absolute atomic E-state index is 12.0. The van der Waals surface area contributed by atoms with E-state index in [1.54, 1.807) is 17.5 Å². The number of pyridine rings is 1. The van der Waals surface area contributed by atoms with Gasteiger partial charge >= 0.3 is 0 Å². The topological polar surface area (TPSA) is 42.0 Å². The van der Waals surface area contributed by atoms with Crippen molar-refractivity contribution in [1.29, 1.82) is 0 Å². The molecule has 0 saturated carbocycles. The van der Waals surface area contributed by atoms with Gasteiger partial charge in [0.2, 0.25) is 0 Å². The molecule has 2 rings (SSSR count). The quantitative estimate of drug-likeness (QED) is 0.883. The molecule has 0 unspecified atom stereocenters. The second kappa shape index (κ2) is 4.67. The van der Waals surface area contributed by atoms with Crippen molar-refractivity contribution >= 4 is 23.1 Å². The largest absolute Gasteiger partial charge is 0.307 e. The molecule has 3 nitrogen and oxygen atoms in total. The summed E-state index contributed by atoms with van der Waals surface area (Å²) in [6, 6.07) is 3.73. The predicted octanol–water partition coefficient (Wildman–Crippen LogP) is 3.32. The van der Waals surface area contributed by atoms with Gasteiger partial charge in [-0.1, -0.05) is 6.07 Å². The van der Waals surface area contributed by atoms with Gasteiger partial charge < -0.3 is 5.32 Å². The van der Waals surface area contributed by atoms with Crippen molar-refractivity contribution in [2.75, 3.05) is 5.32 Å². The Morgan fingerprint density at radius 1 is 1.29 bits per heavy atom. The highest BCUT2D eigenvalue weighted by atomic mass is 32.1. The lowest BCUT2D eigenvalue weighted by Gasteiger charge is -2.04. The van der Waals surface area contributed by atoms with Crippen LogP contribution >= 0.6 is 11.3 Å². The third-order valence-corrected chi connectivity index (χ3v) is 3.70. The van der Waals surface area contributed by atoms with Crippen molar-refractivity contribution in [2.45, 2.75) is 20.8 Å². The number of rotatable bonds is 2. The lowest BCUT2D eigenvalue weighted by atomic mass is 10.1. The summed E-state index contributed by atoms with van der Waals surface area (Å²) in [6.45, 7) is 5.94. The molecule has 88 valence electrons. The van der Waals surface area contributed by atoms with E-state index in [4.69, 9.17) is 0 Å². The molecule has 2 aromatic rings. The van der Waals surface area contributed by atoms with Gasteiger partial charge in [-0.15, -0.1) is 11.3 Å². The number of nitrogens with zero attached hydrogens (tertiary/aromatic N) is 1. The summed E-state index contributed by atoms with van der Waals surface area (Å²) in [5, 5.41) is 4.68. The number of carbonyl (C=O) groups is 1.